The molecule has 1 aromatic carbocycles. The van der Waals surface area contributed by atoms with Gasteiger partial charge in [0.05, 0.1) is 11.0 Å². The molecule has 1 unspecified atom stereocenters. The zero-order valence-electron chi connectivity index (χ0n) is 12.0. The standard InChI is InChI=1S/C14H22N2O3S/c1-11-8-12(9-15)5-6-14(11)20(17,18)16(2)10-13-4-3-7-19-13/h5-6,8,13H,3-4,7,9-10,15H2,1-2H3. The molecule has 0 spiro atoms. The molecule has 112 valence electrons. The number of sulfonamides is 1. The van der Waals surface area contributed by atoms with Crippen LogP contribution in [0.1, 0.15) is 24.0 Å². The van der Waals surface area contributed by atoms with E-state index in [1.54, 1.807) is 26.1 Å². The van der Waals surface area contributed by atoms with E-state index in [0.717, 1.165) is 30.6 Å². The third-order valence-electron chi connectivity index (χ3n) is 3.65. The third kappa shape index (κ3) is 3.20. The predicted octanol–water partition coefficient (Wildman–Crippen LogP) is 1.25. The summed E-state index contributed by atoms with van der Waals surface area (Å²) < 4.78 is 32.0. The van der Waals surface area contributed by atoms with Gasteiger partial charge in [-0.3, -0.25) is 0 Å². The van der Waals surface area contributed by atoms with Crippen LogP contribution in [-0.2, 0) is 21.3 Å². The van der Waals surface area contributed by atoms with Gasteiger partial charge in [0.1, 0.15) is 0 Å². The van der Waals surface area contributed by atoms with Crippen LogP contribution in [0.2, 0.25) is 0 Å². The average molecular weight is 298 g/mol. The number of rotatable bonds is 5. The Morgan fingerprint density at radius 3 is 2.75 bits per heavy atom. The summed E-state index contributed by atoms with van der Waals surface area (Å²) >= 11 is 0. The first kappa shape index (κ1) is 15.4. The molecular formula is C14H22N2O3S. The largest absolute Gasteiger partial charge is 0.377 e. The van der Waals surface area contributed by atoms with Crippen LogP contribution < -0.4 is 5.73 Å². The number of aryl methyl sites for hydroxylation is 1. The molecule has 0 amide bonds. The highest BCUT2D eigenvalue weighted by atomic mass is 32.2. The van der Waals surface area contributed by atoms with Crippen molar-refractivity contribution in [1.29, 1.82) is 0 Å². The van der Waals surface area contributed by atoms with E-state index >= 15 is 0 Å². The fourth-order valence-corrected chi connectivity index (χ4v) is 3.87. The number of nitrogens with two attached hydrogens (primary N) is 1. The maximum Gasteiger partial charge on any atom is 0.243 e. The number of likely N-dealkylation sites (N-methyl/N-ethyl adjacent to an activating group) is 1. The molecule has 1 fully saturated rings. The van der Waals surface area contributed by atoms with E-state index in [1.165, 1.54) is 4.31 Å². The summed E-state index contributed by atoms with van der Waals surface area (Å²) in [7, 11) is -1.87. The Hall–Kier alpha value is -0.950. The highest BCUT2D eigenvalue weighted by Crippen LogP contribution is 2.22. The average Bonchev–Trinajstić information content (AvgIpc) is 2.91. The summed E-state index contributed by atoms with van der Waals surface area (Å²) in [4.78, 5) is 0.343. The van der Waals surface area contributed by atoms with Crippen LogP contribution in [-0.4, -0.2) is 39.0 Å². The van der Waals surface area contributed by atoms with Crippen LogP contribution in [0.4, 0.5) is 0 Å². The molecule has 1 saturated heterocycles. The van der Waals surface area contributed by atoms with Crippen molar-refractivity contribution < 1.29 is 13.2 Å². The molecule has 20 heavy (non-hydrogen) atoms. The normalized spacial score (nSPS) is 19.7. The van der Waals surface area contributed by atoms with Crippen molar-refractivity contribution in [3.05, 3.63) is 29.3 Å². The van der Waals surface area contributed by atoms with E-state index in [0.29, 0.717) is 18.0 Å². The molecule has 6 heteroatoms. The molecule has 1 heterocycles. The van der Waals surface area contributed by atoms with Crippen LogP contribution in [0.15, 0.2) is 23.1 Å². The molecule has 0 aliphatic carbocycles. The molecule has 0 saturated carbocycles. The van der Waals surface area contributed by atoms with Gasteiger partial charge in [-0.25, -0.2) is 8.42 Å². The molecule has 1 aliphatic heterocycles. The maximum absolute atomic E-state index is 12.6. The van der Waals surface area contributed by atoms with Gasteiger partial charge in [0.2, 0.25) is 10.0 Å². The van der Waals surface area contributed by atoms with Crippen molar-refractivity contribution in [1.82, 2.24) is 4.31 Å². The number of hydrogen-bond donors (Lipinski definition) is 1. The predicted molar refractivity (Wildman–Crippen MR) is 77.9 cm³/mol. The van der Waals surface area contributed by atoms with Crippen molar-refractivity contribution >= 4 is 10.0 Å². The first-order valence-corrected chi connectivity index (χ1v) is 8.26. The van der Waals surface area contributed by atoms with E-state index in [4.69, 9.17) is 10.5 Å². The smallest absolute Gasteiger partial charge is 0.243 e. The molecule has 5 nitrogen and oxygen atoms in total. The summed E-state index contributed by atoms with van der Waals surface area (Å²) in [5.74, 6) is 0. The van der Waals surface area contributed by atoms with Gasteiger partial charge in [-0.1, -0.05) is 12.1 Å². The summed E-state index contributed by atoms with van der Waals surface area (Å²) in [5.41, 5.74) is 7.23. The molecule has 0 bridgehead atoms. The maximum atomic E-state index is 12.6. The van der Waals surface area contributed by atoms with Gasteiger partial charge in [0.15, 0.2) is 0 Å². The van der Waals surface area contributed by atoms with Crippen molar-refractivity contribution in [2.45, 2.75) is 37.3 Å². The number of nitrogens with zero attached hydrogens (tertiary/aromatic N) is 1. The van der Waals surface area contributed by atoms with E-state index in [9.17, 15) is 8.42 Å². The summed E-state index contributed by atoms with van der Waals surface area (Å²) in [6.45, 7) is 3.34. The van der Waals surface area contributed by atoms with Crippen LogP contribution in [0.3, 0.4) is 0 Å². The van der Waals surface area contributed by atoms with Gasteiger partial charge in [-0.2, -0.15) is 4.31 Å². The van der Waals surface area contributed by atoms with Crippen molar-refractivity contribution in [2.75, 3.05) is 20.2 Å². The molecule has 1 aliphatic rings. The second-order valence-electron chi connectivity index (χ2n) is 5.22. The number of benzene rings is 1. The van der Waals surface area contributed by atoms with Crippen molar-refractivity contribution in [2.24, 2.45) is 5.73 Å². The molecule has 0 aromatic heterocycles. The van der Waals surface area contributed by atoms with Gasteiger partial charge < -0.3 is 10.5 Å². The van der Waals surface area contributed by atoms with Crippen LogP contribution >= 0.6 is 0 Å². The lowest BCUT2D eigenvalue weighted by Crippen LogP contribution is -2.34. The second-order valence-corrected chi connectivity index (χ2v) is 7.24. The molecule has 0 radical (unpaired) electrons. The molecule has 1 atom stereocenters. The Morgan fingerprint density at radius 1 is 1.45 bits per heavy atom. The minimum absolute atomic E-state index is 0.0124. The number of hydrogen-bond acceptors (Lipinski definition) is 4. The molecular weight excluding hydrogens is 276 g/mol. The van der Waals surface area contributed by atoms with Gasteiger partial charge in [0, 0.05) is 26.7 Å². The zero-order chi connectivity index (χ0) is 14.8. The Bertz CT molecular complexity index is 566. The highest BCUT2D eigenvalue weighted by molar-refractivity contribution is 7.89. The minimum atomic E-state index is -3.47. The summed E-state index contributed by atoms with van der Waals surface area (Å²) in [6, 6.07) is 5.23. The quantitative estimate of drug-likeness (QED) is 0.888. The number of ether oxygens (including phenoxy) is 1. The lowest BCUT2D eigenvalue weighted by Gasteiger charge is -2.21. The first-order valence-electron chi connectivity index (χ1n) is 6.82. The fourth-order valence-electron chi connectivity index (χ4n) is 2.47. The Morgan fingerprint density at radius 2 is 2.20 bits per heavy atom. The van der Waals surface area contributed by atoms with Gasteiger partial charge >= 0.3 is 0 Å². The van der Waals surface area contributed by atoms with E-state index < -0.39 is 10.0 Å². The zero-order valence-corrected chi connectivity index (χ0v) is 12.8. The lowest BCUT2D eigenvalue weighted by molar-refractivity contribution is 0.0979. The summed E-state index contributed by atoms with van der Waals surface area (Å²) in [6.07, 6.45) is 1.94. The molecule has 2 N–H and O–H groups in total. The molecule has 1 aromatic rings. The van der Waals surface area contributed by atoms with E-state index in [1.807, 2.05) is 6.07 Å². The topological polar surface area (TPSA) is 72.6 Å². The van der Waals surface area contributed by atoms with Crippen LogP contribution in [0, 0.1) is 6.92 Å². The van der Waals surface area contributed by atoms with Gasteiger partial charge in [-0.15, -0.1) is 0 Å². The van der Waals surface area contributed by atoms with Crippen LogP contribution in [0.5, 0.6) is 0 Å². The monoisotopic (exact) mass is 298 g/mol. The molecule has 2 rings (SSSR count). The van der Waals surface area contributed by atoms with Gasteiger partial charge in [0.25, 0.3) is 0 Å². The van der Waals surface area contributed by atoms with E-state index in [-0.39, 0.29) is 6.10 Å². The van der Waals surface area contributed by atoms with Crippen LogP contribution in [0.25, 0.3) is 0 Å². The highest BCUT2D eigenvalue weighted by Gasteiger charge is 2.27. The third-order valence-corrected chi connectivity index (χ3v) is 5.63. The second kappa shape index (κ2) is 6.22. The Balaban J connectivity index is 2.20. The first-order chi connectivity index (χ1) is 9.45. The van der Waals surface area contributed by atoms with Crippen molar-refractivity contribution in [3.8, 4) is 0 Å². The Labute approximate surface area is 120 Å². The Kier molecular flexibility index (Phi) is 4.80. The lowest BCUT2D eigenvalue weighted by atomic mass is 10.1. The minimum Gasteiger partial charge on any atom is -0.377 e. The summed E-state index contributed by atoms with van der Waals surface area (Å²) in [5, 5.41) is 0. The SMILES string of the molecule is Cc1cc(CN)ccc1S(=O)(=O)N(C)CC1CCCO1. The van der Waals surface area contributed by atoms with E-state index in [2.05, 4.69) is 0 Å². The van der Waals surface area contributed by atoms with Gasteiger partial charge in [-0.05, 0) is 37.0 Å². The fraction of sp³-hybridized carbons (Fsp3) is 0.571. The van der Waals surface area contributed by atoms with Crippen molar-refractivity contribution in [3.63, 3.8) is 0 Å².